The summed E-state index contributed by atoms with van der Waals surface area (Å²) in [5.74, 6) is 0.144. The smallest absolute Gasteiger partial charge is 0.242 e. The van der Waals surface area contributed by atoms with Crippen LogP contribution in [0.2, 0.25) is 5.02 Å². The molecule has 3 aromatic rings. The standard InChI is InChI=1S/C21H21ClN4O/c1-16-12-26(15-23-16)20-8-6-19(7-9-20)24-10-11-25(21(27)14-24)13-17-2-4-18(22)5-3-17/h2-9,12,15H,10-11,13-14H2,1H3. The molecule has 0 saturated carbocycles. The van der Waals surface area contributed by atoms with Crippen molar-refractivity contribution in [3.8, 4) is 5.69 Å². The molecule has 0 unspecified atom stereocenters. The van der Waals surface area contributed by atoms with Crippen LogP contribution in [0, 0.1) is 6.92 Å². The summed E-state index contributed by atoms with van der Waals surface area (Å²) in [5, 5.41) is 0.712. The van der Waals surface area contributed by atoms with Gasteiger partial charge in [-0.2, -0.15) is 0 Å². The second kappa shape index (κ2) is 7.45. The lowest BCUT2D eigenvalue weighted by Crippen LogP contribution is -2.50. The first-order chi connectivity index (χ1) is 13.1. The fraction of sp³-hybridized carbons (Fsp3) is 0.238. The van der Waals surface area contributed by atoms with Crippen LogP contribution in [0.3, 0.4) is 0 Å². The molecule has 1 aliphatic rings. The van der Waals surface area contributed by atoms with Crippen molar-refractivity contribution in [2.24, 2.45) is 0 Å². The number of anilines is 1. The van der Waals surface area contributed by atoms with E-state index in [-0.39, 0.29) is 5.91 Å². The lowest BCUT2D eigenvalue weighted by Gasteiger charge is -2.35. The number of imidazole rings is 1. The SMILES string of the molecule is Cc1cn(-c2ccc(N3CCN(Cc4ccc(Cl)cc4)C(=O)C3)cc2)cn1. The minimum atomic E-state index is 0.144. The maximum atomic E-state index is 12.6. The zero-order valence-electron chi connectivity index (χ0n) is 15.2. The fourth-order valence-electron chi connectivity index (χ4n) is 3.30. The molecule has 2 heterocycles. The highest BCUT2D eigenvalue weighted by atomic mass is 35.5. The van der Waals surface area contributed by atoms with Crippen molar-refractivity contribution < 1.29 is 4.79 Å². The maximum absolute atomic E-state index is 12.6. The predicted molar refractivity (Wildman–Crippen MR) is 107 cm³/mol. The molecule has 0 spiro atoms. The normalized spacial score (nSPS) is 14.7. The van der Waals surface area contributed by atoms with Gasteiger partial charge in [0.15, 0.2) is 0 Å². The first-order valence-corrected chi connectivity index (χ1v) is 9.34. The average Bonchev–Trinajstić information content (AvgIpc) is 3.12. The highest BCUT2D eigenvalue weighted by Gasteiger charge is 2.24. The molecule has 138 valence electrons. The molecule has 0 radical (unpaired) electrons. The van der Waals surface area contributed by atoms with Crippen molar-refractivity contribution in [2.75, 3.05) is 24.5 Å². The summed E-state index contributed by atoms with van der Waals surface area (Å²) < 4.78 is 1.99. The third-order valence-corrected chi connectivity index (χ3v) is 5.08. The zero-order chi connectivity index (χ0) is 18.8. The molecule has 0 N–H and O–H groups in total. The summed E-state index contributed by atoms with van der Waals surface area (Å²) in [6, 6.07) is 15.9. The van der Waals surface area contributed by atoms with E-state index in [4.69, 9.17) is 11.6 Å². The number of benzene rings is 2. The quantitative estimate of drug-likeness (QED) is 0.693. The lowest BCUT2D eigenvalue weighted by molar-refractivity contribution is -0.131. The van der Waals surface area contributed by atoms with E-state index < -0.39 is 0 Å². The molecule has 1 aromatic heterocycles. The van der Waals surface area contributed by atoms with Gasteiger partial charge in [0.2, 0.25) is 5.91 Å². The second-order valence-electron chi connectivity index (χ2n) is 6.80. The topological polar surface area (TPSA) is 41.4 Å². The van der Waals surface area contributed by atoms with E-state index in [0.717, 1.165) is 29.2 Å². The Bertz CT molecular complexity index is 934. The summed E-state index contributed by atoms with van der Waals surface area (Å²) in [6.45, 7) is 4.53. The number of aromatic nitrogens is 2. The van der Waals surface area contributed by atoms with Crippen LogP contribution in [0.25, 0.3) is 5.69 Å². The van der Waals surface area contributed by atoms with Gasteiger partial charge < -0.3 is 14.4 Å². The first kappa shape index (κ1) is 17.6. The van der Waals surface area contributed by atoms with Crippen molar-refractivity contribution in [2.45, 2.75) is 13.5 Å². The van der Waals surface area contributed by atoms with Crippen LogP contribution in [-0.4, -0.2) is 40.0 Å². The zero-order valence-corrected chi connectivity index (χ0v) is 15.9. The van der Waals surface area contributed by atoms with Gasteiger partial charge in [-0.1, -0.05) is 23.7 Å². The molecule has 6 heteroatoms. The Morgan fingerprint density at radius 2 is 1.70 bits per heavy atom. The monoisotopic (exact) mass is 380 g/mol. The number of carbonyl (C=O) groups excluding carboxylic acids is 1. The van der Waals surface area contributed by atoms with E-state index in [1.165, 1.54) is 0 Å². The van der Waals surface area contributed by atoms with Gasteiger partial charge in [-0.25, -0.2) is 4.98 Å². The molecule has 27 heavy (non-hydrogen) atoms. The van der Waals surface area contributed by atoms with E-state index in [2.05, 4.69) is 34.1 Å². The molecule has 1 fully saturated rings. The Morgan fingerprint density at radius 1 is 1.00 bits per heavy atom. The van der Waals surface area contributed by atoms with Gasteiger partial charge in [-0.3, -0.25) is 4.79 Å². The summed E-state index contributed by atoms with van der Waals surface area (Å²) in [4.78, 5) is 20.9. The molecular formula is C21H21ClN4O. The third-order valence-electron chi connectivity index (χ3n) is 4.83. The van der Waals surface area contributed by atoms with Crippen LogP contribution >= 0.6 is 11.6 Å². The van der Waals surface area contributed by atoms with Crippen molar-refractivity contribution in [3.63, 3.8) is 0 Å². The molecule has 5 nitrogen and oxygen atoms in total. The van der Waals surface area contributed by atoms with Gasteiger partial charge in [-0.05, 0) is 48.9 Å². The van der Waals surface area contributed by atoms with Crippen LogP contribution in [0.5, 0.6) is 0 Å². The van der Waals surface area contributed by atoms with Gasteiger partial charge in [-0.15, -0.1) is 0 Å². The number of hydrogen-bond donors (Lipinski definition) is 0. The molecule has 1 aliphatic heterocycles. The van der Waals surface area contributed by atoms with E-state index in [9.17, 15) is 4.79 Å². The minimum absolute atomic E-state index is 0.144. The first-order valence-electron chi connectivity index (χ1n) is 8.97. The van der Waals surface area contributed by atoms with Gasteiger partial charge in [0.05, 0.1) is 18.6 Å². The number of amides is 1. The number of halogens is 1. The Kier molecular flexibility index (Phi) is 4.86. The number of nitrogens with zero attached hydrogens (tertiary/aromatic N) is 4. The van der Waals surface area contributed by atoms with Gasteiger partial charge in [0.1, 0.15) is 0 Å². The summed E-state index contributed by atoms with van der Waals surface area (Å²) in [5.41, 5.74) is 4.21. The number of piperazine rings is 1. The van der Waals surface area contributed by atoms with Crippen molar-refractivity contribution in [3.05, 3.63) is 77.3 Å². The fourth-order valence-corrected chi connectivity index (χ4v) is 3.43. The molecule has 1 amide bonds. The van der Waals surface area contributed by atoms with E-state index >= 15 is 0 Å². The van der Waals surface area contributed by atoms with E-state index in [1.807, 2.05) is 53.2 Å². The Labute approximate surface area is 163 Å². The van der Waals surface area contributed by atoms with Crippen LogP contribution in [0.4, 0.5) is 5.69 Å². The number of aryl methyl sites for hydroxylation is 1. The number of rotatable bonds is 4. The average molecular weight is 381 g/mol. The summed E-state index contributed by atoms with van der Waals surface area (Å²) in [7, 11) is 0. The highest BCUT2D eigenvalue weighted by Crippen LogP contribution is 2.21. The molecule has 0 atom stereocenters. The van der Waals surface area contributed by atoms with E-state index in [1.54, 1.807) is 0 Å². The largest absolute Gasteiger partial charge is 0.360 e. The third kappa shape index (κ3) is 3.98. The Balaban J connectivity index is 1.40. The molecule has 0 aliphatic carbocycles. The van der Waals surface area contributed by atoms with Crippen molar-refractivity contribution >= 4 is 23.2 Å². The van der Waals surface area contributed by atoms with Gasteiger partial charge in [0, 0.05) is 42.2 Å². The van der Waals surface area contributed by atoms with Crippen molar-refractivity contribution in [1.29, 1.82) is 0 Å². The van der Waals surface area contributed by atoms with Crippen LogP contribution < -0.4 is 4.90 Å². The van der Waals surface area contributed by atoms with E-state index in [0.29, 0.717) is 24.7 Å². The highest BCUT2D eigenvalue weighted by molar-refractivity contribution is 6.30. The van der Waals surface area contributed by atoms with Crippen LogP contribution in [-0.2, 0) is 11.3 Å². The summed E-state index contributed by atoms with van der Waals surface area (Å²) in [6.07, 6.45) is 3.80. The second-order valence-corrected chi connectivity index (χ2v) is 7.24. The van der Waals surface area contributed by atoms with Gasteiger partial charge in [0.25, 0.3) is 0 Å². The minimum Gasteiger partial charge on any atom is -0.360 e. The molecule has 1 saturated heterocycles. The molecule has 0 bridgehead atoms. The molecular weight excluding hydrogens is 360 g/mol. The van der Waals surface area contributed by atoms with Gasteiger partial charge >= 0.3 is 0 Å². The van der Waals surface area contributed by atoms with Crippen LogP contribution in [0.1, 0.15) is 11.3 Å². The predicted octanol–water partition coefficient (Wildman–Crippen LogP) is 3.68. The molecule has 4 rings (SSSR count). The van der Waals surface area contributed by atoms with Crippen LogP contribution in [0.15, 0.2) is 61.1 Å². The van der Waals surface area contributed by atoms with Crippen molar-refractivity contribution in [1.82, 2.24) is 14.5 Å². The number of hydrogen-bond acceptors (Lipinski definition) is 3. The maximum Gasteiger partial charge on any atom is 0.242 e. The summed E-state index contributed by atoms with van der Waals surface area (Å²) >= 11 is 5.93. The Morgan fingerprint density at radius 3 is 2.33 bits per heavy atom. The number of carbonyl (C=O) groups is 1. The Hall–Kier alpha value is -2.79. The lowest BCUT2D eigenvalue weighted by atomic mass is 10.2. The molecule has 2 aromatic carbocycles.